The molecule has 0 bridgehead atoms. The standard InChI is InChI=1S/C9H13N5/c1-10-9-11-4-6-14(9)7-8-3-5-13(2)12-8/h3-6H,7H2,1-2H3,(H,10,11). The molecular weight excluding hydrogens is 178 g/mol. The minimum atomic E-state index is 0.747. The van der Waals surface area contributed by atoms with E-state index in [1.807, 2.05) is 37.1 Å². The van der Waals surface area contributed by atoms with Crippen LogP contribution in [0.5, 0.6) is 0 Å². The van der Waals surface area contributed by atoms with Crippen LogP contribution < -0.4 is 5.32 Å². The van der Waals surface area contributed by atoms with Crippen LogP contribution in [-0.4, -0.2) is 26.4 Å². The average Bonchev–Trinajstić information content (AvgIpc) is 2.76. The molecule has 74 valence electrons. The van der Waals surface area contributed by atoms with Crippen molar-refractivity contribution in [1.82, 2.24) is 19.3 Å². The summed E-state index contributed by atoms with van der Waals surface area (Å²) >= 11 is 0. The van der Waals surface area contributed by atoms with Crippen LogP contribution in [0.1, 0.15) is 5.69 Å². The molecule has 0 atom stereocenters. The van der Waals surface area contributed by atoms with Gasteiger partial charge in [-0.05, 0) is 6.07 Å². The molecule has 0 amide bonds. The molecule has 2 rings (SSSR count). The summed E-state index contributed by atoms with van der Waals surface area (Å²) < 4.78 is 3.81. The number of rotatable bonds is 3. The molecule has 0 radical (unpaired) electrons. The summed E-state index contributed by atoms with van der Waals surface area (Å²) in [4.78, 5) is 4.15. The van der Waals surface area contributed by atoms with Crippen LogP contribution in [0, 0.1) is 0 Å². The molecule has 0 fully saturated rings. The molecule has 2 heterocycles. The maximum absolute atomic E-state index is 4.30. The van der Waals surface area contributed by atoms with E-state index in [1.54, 1.807) is 10.9 Å². The van der Waals surface area contributed by atoms with Crippen LogP contribution in [0.25, 0.3) is 0 Å². The Hall–Kier alpha value is -1.78. The summed E-state index contributed by atoms with van der Waals surface area (Å²) in [5.41, 5.74) is 1.03. The molecule has 0 unspecified atom stereocenters. The quantitative estimate of drug-likeness (QED) is 0.777. The van der Waals surface area contributed by atoms with Gasteiger partial charge < -0.3 is 9.88 Å². The Balaban J connectivity index is 2.18. The van der Waals surface area contributed by atoms with Gasteiger partial charge in [0.15, 0.2) is 0 Å². The molecule has 0 aliphatic heterocycles. The SMILES string of the molecule is CNc1nccn1Cc1ccn(C)n1. The third-order valence-electron chi connectivity index (χ3n) is 2.04. The number of anilines is 1. The number of hydrogen-bond donors (Lipinski definition) is 1. The van der Waals surface area contributed by atoms with Crippen molar-refractivity contribution >= 4 is 5.95 Å². The van der Waals surface area contributed by atoms with Crippen LogP contribution in [-0.2, 0) is 13.6 Å². The van der Waals surface area contributed by atoms with Gasteiger partial charge in [0, 0.05) is 32.7 Å². The predicted octanol–water partition coefficient (Wildman–Crippen LogP) is 0.707. The van der Waals surface area contributed by atoms with Crippen molar-refractivity contribution in [2.75, 3.05) is 12.4 Å². The fourth-order valence-corrected chi connectivity index (χ4v) is 1.39. The molecule has 0 aliphatic carbocycles. The van der Waals surface area contributed by atoms with Gasteiger partial charge in [-0.1, -0.05) is 0 Å². The molecule has 1 N–H and O–H groups in total. The summed E-state index contributed by atoms with van der Waals surface area (Å²) in [5, 5.41) is 7.32. The zero-order valence-electron chi connectivity index (χ0n) is 8.31. The van der Waals surface area contributed by atoms with Crippen molar-refractivity contribution in [3.8, 4) is 0 Å². The molecule has 2 aromatic rings. The Kier molecular flexibility index (Phi) is 2.22. The summed E-state index contributed by atoms with van der Waals surface area (Å²) in [5.74, 6) is 0.857. The van der Waals surface area contributed by atoms with Gasteiger partial charge in [0.1, 0.15) is 0 Å². The molecule has 5 heteroatoms. The average molecular weight is 191 g/mol. The maximum Gasteiger partial charge on any atom is 0.202 e. The van der Waals surface area contributed by atoms with Crippen molar-refractivity contribution in [1.29, 1.82) is 0 Å². The first-order valence-corrected chi connectivity index (χ1v) is 4.47. The molecule has 14 heavy (non-hydrogen) atoms. The molecule has 2 aromatic heterocycles. The van der Waals surface area contributed by atoms with E-state index in [0.717, 1.165) is 18.2 Å². The second kappa shape index (κ2) is 3.53. The van der Waals surface area contributed by atoms with Crippen molar-refractivity contribution in [2.24, 2.45) is 7.05 Å². The lowest BCUT2D eigenvalue weighted by Crippen LogP contribution is -2.04. The molecular formula is C9H13N5. The Morgan fingerprint density at radius 1 is 1.43 bits per heavy atom. The smallest absolute Gasteiger partial charge is 0.202 e. The van der Waals surface area contributed by atoms with Crippen LogP contribution in [0.15, 0.2) is 24.7 Å². The van der Waals surface area contributed by atoms with Gasteiger partial charge >= 0.3 is 0 Å². The van der Waals surface area contributed by atoms with Gasteiger partial charge in [-0.15, -0.1) is 0 Å². The minimum absolute atomic E-state index is 0.747. The van der Waals surface area contributed by atoms with Crippen LogP contribution >= 0.6 is 0 Å². The highest BCUT2D eigenvalue weighted by Crippen LogP contribution is 2.06. The van der Waals surface area contributed by atoms with E-state index in [1.165, 1.54) is 0 Å². The first kappa shape index (κ1) is 8.80. The fraction of sp³-hybridized carbons (Fsp3) is 0.333. The van der Waals surface area contributed by atoms with E-state index in [4.69, 9.17) is 0 Å². The van der Waals surface area contributed by atoms with E-state index < -0.39 is 0 Å². The lowest BCUT2D eigenvalue weighted by atomic mass is 10.4. The maximum atomic E-state index is 4.30. The van der Waals surface area contributed by atoms with Gasteiger partial charge in [-0.2, -0.15) is 5.10 Å². The van der Waals surface area contributed by atoms with Crippen molar-refractivity contribution < 1.29 is 0 Å². The van der Waals surface area contributed by atoms with Gasteiger partial charge in [0.2, 0.25) is 5.95 Å². The van der Waals surface area contributed by atoms with Crippen molar-refractivity contribution in [2.45, 2.75) is 6.54 Å². The molecule has 5 nitrogen and oxygen atoms in total. The van der Waals surface area contributed by atoms with Crippen molar-refractivity contribution in [3.63, 3.8) is 0 Å². The number of aromatic nitrogens is 4. The Morgan fingerprint density at radius 3 is 2.93 bits per heavy atom. The highest BCUT2D eigenvalue weighted by atomic mass is 15.3. The highest BCUT2D eigenvalue weighted by molar-refractivity contribution is 5.25. The van der Waals surface area contributed by atoms with E-state index >= 15 is 0 Å². The summed E-state index contributed by atoms with van der Waals surface area (Å²) in [6, 6.07) is 2.00. The van der Waals surface area contributed by atoms with Gasteiger partial charge in [-0.3, -0.25) is 4.68 Å². The highest BCUT2D eigenvalue weighted by Gasteiger charge is 2.02. The fourth-order valence-electron chi connectivity index (χ4n) is 1.39. The third-order valence-corrected chi connectivity index (χ3v) is 2.04. The summed E-state index contributed by atoms with van der Waals surface area (Å²) in [6.45, 7) is 0.747. The van der Waals surface area contributed by atoms with Gasteiger partial charge in [-0.25, -0.2) is 4.98 Å². The topological polar surface area (TPSA) is 47.7 Å². The number of nitrogens with one attached hydrogen (secondary N) is 1. The third kappa shape index (κ3) is 1.61. The normalized spacial score (nSPS) is 10.4. The number of aryl methyl sites for hydroxylation is 1. The first-order chi connectivity index (χ1) is 6.79. The van der Waals surface area contributed by atoms with E-state index in [-0.39, 0.29) is 0 Å². The Bertz CT molecular complexity index is 414. The van der Waals surface area contributed by atoms with Crippen LogP contribution in [0.4, 0.5) is 5.95 Å². The van der Waals surface area contributed by atoms with E-state index in [0.29, 0.717) is 0 Å². The number of hydrogen-bond acceptors (Lipinski definition) is 3. The number of nitrogens with zero attached hydrogens (tertiary/aromatic N) is 4. The molecule has 0 saturated carbocycles. The minimum Gasteiger partial charge on any atom is -0.359 e. The lowest BCUT2D eigenvalue weighted by molar-refractivity contribution is 0.709. The van der Waals surface area contributed by atoms with Crippen molar-refractivity contribution in [3.05, 3.63) is 30.4 Å². The largest absolute Gasteiger partial charge is 0.359 e. The predicted molar refractivity (Wildman–Crippen MR) is 54.1 cm³/mol. The van der Waals surface area contributed by atoms with Crippen LogP contribution in [0.3, 0.4) is 0 Å². The zero-order valence-corrected chi connectivity index (χ0v) is 8.31. The van der Waals surface area contributed by atoms with Gasteiger partial charge in [0.05, 0.1) is 12.2 Å². The van der Waals surface area contributed by atoms with Gasteiger partial charge in [0.25, 0.3) is 0 Å². The monoisotopic (exact) mass is 191 g/mol. The zero-order chi connectivity index (χ0) is 9.97. The summed E-state index contributed by atoms with van der Waals surface area (Å²) in [7, 11) is 3.77. The van der Waals surface area contributed by atoms with E-state index in [9.17, 15) is 0 Å². The first-order valence-electron chi connectivity index (χ1n) is 4.47. The second-order valence-corrected chi connectivity index (χ2v) is 3.11. The van der Waals surface area contributed by atoms with Crippen LogP contribution in [0.2, 0.25) is 0 Å². The Morgan fingerprint density at radius 2 is 2.29 bits per heavy atom. The lowest BCUT2D eigenvalue weighted by Gasteiger charge is -2.03. The molecule has 0 aliphatic rings. The number of imidazole rings is 1. The second-order valence-electron chi connectivity index (χ2n) is 3.11. The molecule has 0 saturated heterocycles. The van der Waals surface area contributed by atoms with E-state index in [2.05, 4.69) is 15.4 Å². The summed E-state index contributed by atoms with van der Waals surface area (Å²) in [6.07, 6.45) is 5.64. The molecule has 0 aromatic carbocycles. The molecule has 0 spiro atoms. The Labute approximate surface area is 82.4 Å².